The average molecular weight is 444 g/mol. The number of imide groups is 1. The zero-order chi connectivity index (χ0) is 23.0. The Bertz CT molecular complexity index is 1240. The smallest absolute Gasteiger partial charge is 0.350 e. The molecular weight excluding hydrogens is 431 g/mol. The van der Waals surface area contributed by atoms with Gasteiger partial charge in [-0.3, -0.25) is 9.59 Å². The molecule has 1 heterocycles. The molecule has 4 rings (SSSR count). The summed E-state index contributed by atoms with van der Waals surface area (Å²) in [6, 6.07) is 14.5. The molecule has 0 aliphatic carbocycles. The lowest BCUT2D eigenvalue weighted by molar-refractivity contribution is -0.137. The lowest BCUT2D eigenvalue weighted by Gasteiger charge is -2.16. The van der Waals surface area contributed by atoms with Gasteiger partial charge >= 0.3 is 6.18 Å². The SMILES string of the molecule is O=C1C(Nc2ccc(F)c(F)c2)=C(c2ccccc2)C(=O)N1c1ccc(C(F)(F)F)cc1. The molecule has 2 amide bonds. The first-order valence-electron chi connectivity index (χ1n) is 9.24. The van der Waals surface area contributed by atoms with E-state index in [1.807, 2.05) is 0 Å². The maximum absolute atomic E-state index is 13.6. The molecule has 0 atom stereocenters. The van der Waals surface area contributed by atoms with Gasteiger partial charge in [0.1, 0.15) is 5.70 Å². The van der Waals surface area contributed by atoms with Crippen molar-refractivity contribution < 1.29 is 31.5 Å². The molecule has 1 aliphatic rings. The van der Waals surface area contributed by atoms with E-state index in [2.05, 4.69) is 5.32 Å². The van der Waals surface area contributed by atoms with E-state index in [-0.39, 0.29) is 22.6 Å². The van der Waals surface area contributed by atoms with Crippen molar-refractivity contribution in [2.75, 3.05) is 10.2 Å². The maximum Gasteiger partial charge on any atom is 0.416 e. The molecule has 0 saturated heterocycles. The van der Waals surface area contributed by atoms with E-state index in [0.29, 0.717) is 5.56 Å². The van der Waals surface area contributed by atoms with Crippen LogP contribution in [0.1, 0.15) is 11.1 Å². The third-order valence-electron chi connectivity index (χ3n) is 4.79. The molecule has 1 N–H and O–H groups in total. The van der Waals surface area contributed by atoms with Crippen molar-refractivity contribution in [3.8, 4) is 0 Å². The summed E-state index contributed by atoms with van der Waals surface area (Å²) < 4.78 is 65.5. The molecule has 162 valence electrons. The molecule has 3 aromatic rings. The van der Waals surface area contributed by atoms with Crippen molar-refractivity contribution in [2.24, 2.45) is 0 Å². The van der Waals surface area contributed by atoms with Gasteiger partial charge in [-0.1, -0.05) is 30.3 Å². The van der Waals surface area contributed by atoms with Gasteiger partial charge in [0.05, 0.1) is 16.8 Å². The number of halogens is 5. The summed E-state index contributed by atoms with van der Waals surface area (Å²) in [5, 5.41) is 2.65. The molecule has 3 aromatic carbocycles. The van der Waals surface area contributed by atoms with E-state index < -0.39 is 35.2 Å². The molecule has 0 spiro atoms. The van der Waals surface area contributed by atoms with Crippen LogP contribution in [0, 0.1) is 11.6 Å². The second kappa shape index (κ2) is 7.92. The van der Waals surface area contributed by atoms with Crippen molar-refractivity contribution in [1.29, 1.82) is 0 Å². The molecule has 1 aliphatic heterocycles. The van der Waals surface area contributed by atoms with E-state index >= 15 is 0 Å². The van der Waals surface area contributed by atoms with Crippen LogP contribution in [0.5, 0.6) is 0 Å². The third-order valence-corrected chi connectivity index (χ3v) is 4.79. The standard InChI is InChI=1S/C23H13F5N2O2/c24-17-11-8-15(12-18(17)25)29-20-19(13-4-2-1-3-5-13)21(31)30(22(20)32)16-9-6-14(7-10-16)23(26,27)28/h1-12,29H. The molecule has 4 nitrogen and oxygen atoms in total. The van der Waals surface area contributed by atoms with Crippen LogP contribution in [0.4, 0.5) is 33.3 Å². The quantitative estimate of drug-likeness (QED) is 0.434. The minimum Gasteiger partial charge on any atom is -0.350 e. The third kappa shape index (κ3) is 3.84. The topological polar surface area (TPSA) is 49.4 Å². The molecule has 0 radical (unpaired) electrons. The monoisotopic (exact) mass is 444 g/mol. The minimum absolute atomic E-state index is 0.0164. The predicted octanol–water partition coefficient (Wildman–Crippen LogP) is 5.38. The predicted molar refractivity (Wildman–Crippen MR) is 107 cm³/mol. The Balaban J connectivity index is 1.77. The van der Waals surface area contributed by atoms with Crippen LogP contribution in [0.3, 0.4) is 0 Å². The summed E-state index contributed by atoms with van der Waals surface area (Å²) in [4.78, 5) is 27.0. The van der Waals surface area contributed by atoms with Crippen molar-refractivity contribution in [3.63, 3.8) is 0 Å². The molecular formula is C23H13F5N2O2. The number of carbonyl (C=O) groups excluding carboxylic acids is 2. The Morgan fingerprint density at radius 2 is 1.41 bits per heavy atom. The highest BCUT2D eigenvalue weighted by Crippen LogP contribution is 2.36. The normalized spacial score (nSPS) is 14.3. The summed E-state index contributed by atoms with van der Waals surface area (Å²) in [6.07, 6.45) is -4.58. The van der Waals surface area contributed by atoms with E-state index in [1.54, 1.807) is 30.3 Å². The summed E-state index contributed by atoms with van der Waals surface area (Å²) in [7, 11) is 0. The fourth-order valence-corrected chi connectivity index (χ4v) is 3.27. The van der Waals surface area contributed by atoms with Crippen LogP contribution >= 0.6 is 0 Å². The Labute approximate surface area is 178 Å². The zero-order valence-corrected chi connectivity index (χ0v) is 16.1. The largest absolute Gasteiger partial charge is 0.416 e. The Hall–Kier alpha value is -4.01. The van der Waals surface area contributed by atoms with Gasteiger partial charge in [0, 0.05) is 11.8 Å². The highest BCUT2D eigenvalue weighted by Gasteiger charge is 2.40. The average Bonchev–Trinajstić information content (AvgIpc) is 3.00. The number of carbonyl (C=O) groups is 2. The lowest BCUT2D eigenvalue weighted by atomic mass is 10.0. The van der Waals surface area contributed by atoms with Crippen molar-refractivity contribution in [1.82, 2.24) is 0 Å². The molecule has 32 heavy (non-hydrogen) atoms. The Kier molecular flexibility index (Phi) is 5.25. The van der Waals surface area contributed by atoms with Crippen LogP contribution < -0.4 is 10.2 Å². The second-order valence-corrected chi connectivity index (χ2v) is 6.86. The Morgan fingerprint density at radius 1 is 0.750 bits per heavy atom. The number of benzene rings is 3. The van der Waals surface area contributed by atoms with Crippen molar-refractivity contribution in [3.05, 3.63) is 101 Å². The van der Waals surface area contributed by atoms with E-state index in [4.69, 9.17) is 0 Å². The van der Waals surface area contributed by atoms with E-state index in [0.717, 1.165) is 41.3 Å². The van der Waals surface area contributed by atoms with Gasteiger partial charge in [0.25, 0.3) is 11.8 Å². The Morgan fingerprint density at radius 3 is 2.00 bits per heavy atom. The summed E-state index contributed by atoms with van der Waals surface area (Å²) in [5.74, 6) is -3.87. The van der Waals surface area contributed by atoms with E-state index in [1.165, 1.54) is 6.07 Å². The van der Waals surface area contributed by atoms with Gasteiger partial charge in [-0.05, 0) is 42.0 Å². The van der Waals surface area contributed by atoms with Gasteiger partial charge in [-0.25, -0.2) is 13.7 Å². The highest BCUT2D eigenvalue weighted by atomic mass is 19.4. The number of nitrogens with zero attached hydrogens (tertiary/aromatic N) is 1. The minimum atomic E-state index is -4.58. The number of nitrogens with one attached hydrogen (secondary N) is 1. The van der Waals surface area contributed by atoms with Crippen LogP contribution in [0.25, 0.3) is 5.57 Å². The number of anilines is 2. The molecule has 0 unspecified atom stereocenters. The molecule has 9 heteroatoms. The van der Waals surface area contributed by atoms with Crippen LogP contribution in [-0.2, 0) is 15.8 Å². The molecule has 0 aromatic heterocycles. The first-order valence-corrected chi connectivity index (χ1v) is 9.24. The van der Waals surface area contributed by atoms with Crippen LogP contribution in [0.2, 0.25) is 0 Å². The fourth-order valence-electron chi connectivity index (χ4n) is 3.27. The number of amides is 2. The fraction of sp³-hybridized carbons (Fsp3) is 0.0435. The summed E-state index contributed by atoms with van der Waals surface area (Å²) in [5.41, 5.74) is -0.888. The second-order valence-electron chi connectivity index (χ2n) is 6.86. The highest BCUT2D eigenvalue weighted by molar-refractivity contribution is 6.46. The first-order chi connectivity index (χ1) is 15.2. The molecule has 0 fully saturated rings. The number of hydrogen-bond donors (Lipinski definition) is 1. The lowest BCUT2D eigenvalue weighted by Crippen LogP contribution is -2.32. The van der Waals surface area contributed by atoms with E-state index in [9.17, 15) is 31.5 Å². The summed E-state index contributed by atoms with van der Waals surface area (Å²) in [6.45, 7) is 0. The first kappa shape index (κ1) is 21.2. The molecule has 0 bridgehead atoms. The number of alkyl halides is 3. The van der Waals surface area contributed by atoms with Gasteiger partial charge in [0.15, 0.2) is 11.6 Å². The van der Waals surface area contributed by atoms with Gasteiger partial charge < -0.3 is 5.32 Å². The number of rotatable bonds is 4. The molecule has 0 saturated carbocycles. The van der Waals surface area contributed by atoms with Gasteiger partial charge in [-0.15, -0.1) is 0 Å². The van der Waals surface area contributed by atoms with Gasteiger partial charge in [0.2, 0.25) is 0 Å². The van der Waals surface area contributed by atoms with Crippen LogP contribution in [-0.4, -0.2) is 11.8 Å². The number of hydrogen-bond acceptors (Lipinski definition) is 3. The maximum atomic E-state index is 13.6. The summed E-state index contributed by atoms with van der Waals surface area (Å²) >= 11 is 0. The zero-order valence-electron chi connectivity index (χ0n) is 16.1. The van der Waals surface area contributed by atoms with Crippen molar-refractivity contribution in [2.45, 2.75) is 6.18 Å². The van der Waals surface area contributed by atoms with Crippen LogP contribution in [0.15, 0.2) is 78.5 Å². The van der Waals surface area contributed by atoms with Crippen molar-refractivity contribution >= 4 is 28.8 Å². The van der Waals surface area contributed by atoms with Gasteiger partial charge in [-0.2, -0.15) is 13.2 Å².